The van der Waals surface area contributed by atoms with Crippen molar-refractivity contribution in [3.8, 4) is 0 Å². The first kappa shape index (κ1) is 11.6. The van der Waals surface area contributed by atoms with E-state index in [1.807, 2.05) is 30.3 Å². The number of alkyl halides is 3. The fourth-order valence-electron chi connectivity index (χ4n) is 1.18. The monoisotopic (exact) mass is 262 g/mol. The summed E-state index contributed by atoms with van der Waals surface area (Å²) in [5.74, 6) is -3.38. The first-order chi connectivity index (χ1) is 6.43. The molecule has 0 bridgehead atoms. The Kier molecular flexibility index (Phi) is 3.65. The van der Waals surface area contributed by atoms with E-state index in [1.54, 1.807) is 6.92 Å². The van der Waals surface area contributed by atoms with E-state index in [0.717, 1.165) is 12.5 Å². The van der Waals surface area contributed by atoms with Crippen LogP contribution in [0.3, 0.4) is 0 Å². The van der Waals surface area contributed by atoms with Gasteiger partial charge in [-0.05, 0) is 12.5 Å². The number of halogens is 3. The minimum absolute atomic E-state index is 0.302. The molecule has 0 radical (unpaired) electrons. The fraction of sp³-hybridized carbons (Fsp3) is 0.455. The lowest BCUT2D eigenvalue weighted by Crippen LogP contribution is -2.25. The molecule has 3 heteroatoms. The van der Waals surface area contributed by atoms with Crippen molar-refractivity contribution in [1.82, 2.24) is 0 Å². The topological polar surface area (TPSA) is 0 Å². The van der Waals surface area contributed by atoms with Gasteiger partial charge in [0, 0.05) is 10.7 Å². The van der Waals surface area contributed by atoms with Crippen LogP contribution in [0.4, 0.5) is 8.78 Å². The SMILES string of the molecule is CC(C(Br)c1ccccc1)C(C)(F)F. The van der Waals surface area contributed by atoms with Crippen LogP contribution in [0, 0.1) is 5.92 Å². The summed E-state index contributed by atoms with van der Waals surface area (Å²) >= 11 is 3.31. The van der Waals surface area contributed by atoms with Gasteiger partial charge in [0.2, 0.25) is 5.92 Å². The predicted molar refractivity (Wildman–Crippen MR) is 57.9 cm³/mol. The van der Waals surface area contributed by atoms with E-state index in [2.05, 4.69) is 15.9 Å². The molecule has 0 amide bonds. The Labute approximate surface area is 91.5 Å². The van der Waals surface area contributed by atoms with Crippen molar-refractivity contribution in [3.63, 3.8) is 0 Å². The molecule has 0 nitrogen and oxygen atoms in total. The third kappa shape index (κ3) is 2.77. The van der Waals surface area contributed by atoms with Crippen molar-refractivity contribution in [3.05, 3.63) is 35.9 Å². The normalized spacial score (nSPS) is 16.4. The average Bonchev–Trinajstić information content (AvgIpc) is 2.15. The maximum absolute atomic E-state index is 13.0. The Morgan fingerprint density at radius 2 is 1.71 bits per heavy atom. The van der Waals surface area contributed by atoms with E-state index in [4.69, 9.17) is 0 Å². The van der Waals surface area contributed by atoms with Gasteiger partial charge in [-0.15, -0.1) is 0 Å². The van der Waals surface area contributed by atoms with Crippen molar-refractivity contribution < 1.29 is 8.78 Å². The molecule has 0 N–H and O–H groups in total. The molecule has 0 fully saturated rings. The van der Waals surface area contributed by atoms with Crippen LogP contribution >= 0.6 is 15.9 Å². The third-order valence-corrected chi connectivity index (χ3v) is 3.68. The largest absolute Gasteiger partial charge is 0.249 e. The van der Waals surface area contributed by atoms with Crippen molar-refractivity contribution in [2.45, 2.75) is 24.6 Å². The summed E-state index contributed by atoms with van der Waals surface area (Å²) in [7, 11) is 0. The molecule has 0 saturated heterocycles. The fourth-order valence-corrected chi connectivity index (χ4v) is 1.95. The first-order valence-electron chi connectivity index (χ1n) is 4.49. The molecule has 0 saturated carbocycles. The number of hydrogen-bond donors (Lipinski definition) is 0. The van der Waals surface area contributed by atoms with Crippen LogP contribution in [-0.4, -0.2) is 5.92 Å². The van der Waals surface area contributed by atoms with Crippen LogP contribution in [0.1, 0.15) is 24.2 Å². The van der Waals surface area contributed by atoms with Crippen molar-refractivity contribution >= 4 is 15.9 Å². The smallest absolute Gasteiger partial charge is 0.207 e. The van der Waals surface area contributed by atoms with Crippen LogP contribution in [0.15, 0.2) is 30.3 Å². The molecule has 0 aliphatic heterocycles. The zero-order chi connectivity index (χ0) is 10.8. The minimum Gasteiger partial charge on any atom is -0.207 e. The standard InChI is InChI=1S/C11H13BrF2/c1-8(11(2,13)14)10(12)9-6-4-3-5-7-9/h3-8,10H,1-2H3. The molecule has 1 rings (SSSR count). The summed E-state index contributed by atoms with van der Waals surface area (Å²) in [6.07, 6.45) is 0. The van der Waals surface area contributed by atoms with Crippen LogP contribution < -0.4 is 0 Å². The van der Waals surface area contributed by atoms with Crippen molar-refractivity contribution in [1.29, 1.82) is 0 Å². The highest BCUT2D eigenvalue weighted by atomic mass is 79.9. The highest BCUT2D eigenvalue weighted by molar-refractivity contribution is 9.09. The van der Waals surface area contributed by atoms with Crippen LogP contribution in [-0.2, 0) is 0 Å². The minimum atomic E-state index is -2.66. The molecule has 1 aromatic rings. The molecule has 0 aliphatic rings. The summed E-state index contributed by atoms with van der Waals surface area (Å²) in [4.78, 5) is -0.302. The van der Waals surface area contributed by atoms with E-state index in [9.17, 15) is 8.78 Å². The predicted octanol–water partition coefficient (Wildman–Crippen LogP) is 4.41. The van der Waals surface area contributed by atoms with Gasteiger partial charge < -0.3 is 0 Å². The summed E-state index contributed by atoms with van der Waals surface area (Å²) in [6, 6.07) is 9.27. The Bertz CT molecular complexity index is 279. The molecule has 14 heavy (non-hydrogen) atoms. The second-order valence-corrected chi connectivity index (χ2v) is 4.54. The first-order valence-corrected chi connectivity index (χ1v) is 5.41. The van der Waals surface area contributed by atoms with Crippen LogP contribution in [0.25, 0.3) is 0 Å². The molecule has 0 spiro atoms. The molecule has 78 valence electrons. The Morgan fingerprint density at radius 3 is 2.14 bits per heavy atom. The van der Waals surface area contributed by atoms with Gasteiger partial charge >= 0.3 is 0 Å². The molecule has 0 heterocycles. The number of rotatable bonds is 3. The molecule has 1 aromatic carbocycles. The molecule has 2 atom stereocenters. The summed E-state index contributed by atoms with van der Waals surface area (Å²) in [5.41, 5.74) is 0.890. The van der Waals surface area contributed by atoms with E-state index in [-0.39, 0.29) is 4.83 Å². The van der Waals surface area contributed by atoms with Gasteiger partial charge in [-0.25, -0.2) is 8.78 Å². The maximum Gasteiger partial charge on any atom is 0.249 e. The molecule has 0 aromatic heterocycles. The highest BCUT2D eigenvalue weighted by Gasteiger charge is 2.35. The quantitative estimate of drug-likeness (QED) is 0.708. The van der Waals surface area contributed by atoms with Gasteiger partial charge in [0.1, 0.15) is 0 Å². The lowest BCUT2D eigenvalue weighted by atomic mass is 9.96. The summed E-state index contributed by atoms with van der Waals surface area (Å²) in [5, 5.41) is 0. The summed E-state index contributed by atoms with van der Waals surface area (Å²) in [6.45, 7) is 2.50. The van der Waals surface area contributed by atoms with Crippen molar-refractivity contribution in [2.24, 2.45) is 5.92 Å². The summed E-state index contributed by atoms with van der Waals surface area (Å²) < 4.78 is 26.0. The molecular weight excluding hydrogens is 250 g/mol. The van der Waals surface area contributed by atoms with Gasteiger partial charge in [0.05, 0.1) is 0 Å². The van der Waals surface area contributed by atoms with E-state index in [1.165, 1.54) is 0 Å². The van der Waals surface area contributed by atoms with Gasteiger partial charge in [0.25, 0.3) is 0 Å². The third-order valence-electron chi connectivity index (χ3n) is 2.36. The molecule has 2 unspecified atom stereocenters. The van der Waals surface area contributed by atoms with Gasteiger partial charge in [-0.1, -0.05) is 53.2 Å². The van der Waals surface area contributed by atoms with E-state index >= 15 is 0 Å². The molecule has 0 aliphatic carbocycles. The van der Waals surface area contributed by atoms with Crippen LogP contribution in [0.2, 0.25) is 0 Å². The van der Waals surface area contributed by atoms with Gasteiger partial charge in [-0.3, -0.25) is 0 Å². The number of benzene rings is 1. The van der Waals surface area contributed by atoms with E-state index < -0.39 is 11.8 Å². The van der Waals surface area contributed by atoms with Crippen molar-refractivity contribution in [2.75, 3.05) is 0 Å². The average molecular weight is 263 g/mol. The maximum atomic E-state index is 13.0. The Hall–Kier alpha value is -0.440. The molecular formula is C11H13BrF2. The van der Waals surface area contributed by atoms with Crippen LogP contribution in [0.5, 0.6) is 0 Å². The lowest BCUT2D eigenvalue weighted by molar-refractivity contribution is -0.0324. The highest BCUT2D eigenvalue weighted by Crippen LogP contribution is 2.39. The Balaban J connectivity index is 2.81. The second-order valence-electron chi connectivity index (χ2n) is 3.56. The zero-order valence-electron chi connectivity index (χ0n) is 8.18. The van der Waals surface area contributed by atoms with E-state index in [0.29, 0.717) is 0 Å². The second kappa shape index (κ2) is 4.39. The number of hydrogen-bond acceptors (Lipinski definition) is 0. The zero-order valence-corrected chi connectivity index (χ0v) is 9.76. The van der Waals surface area contributed by atoms with Gasteiger partial charge in [0.15, 0.2) is 0 Å². The lowest BCUT2D eigenvalue weighted by Gasteiger charge is -2.24. The Morgan fingerprint density at radius 1 is 1.21 bits per heavy atom. The van der Waals surface area contributed by atoms with Gasteiger partial charge in [-0.2, -0.15) is 0 Å².